The van der Waals surface area contributed by atoms with E-state index in [0.29, 0.717) is 16.9 Å². The molecule has 0 saturated heterocycles. The van der Waals surface area contributed by atoms with Crippen LogP contribution < -0.4 is 19.1 Å². The van der Waals surface area contributed by atoms with E-state index in [1.54, 1.807) is 36.4 Å². The van der Waals surface area contributed by atoms with E-state index in [9.17, 15) is 13.2 Å². The Morgan fingerprint density at radius 2 is 1.67 bits per heavy atom. The van der Waals surface area contributed by atoms with Crippen LogP contribution in [-0.2, 0) is 10.1 Å². The SMILES string of the molecule is COc1ccc(C(=O)N/N=C\c2cc(Cl)c(OS(=O)(=O)c3ccc(C)cc3)c(OC)c2)cc1. The van der Waals surface area contributed by atoms with Crippen molar-refractivity contribution in [3.63, 3.8) is 0 Å². The molecule has 0 bridgehead atoms. The van der Waals surface area contributed by atoms with E-state index in [-0.39, 0.29) is 21.4 Å². The fraction of sp³-hybridized carbons (Fsp3) is 0.130. The summed E-state index contributed by atoms with van der Waals surface area (Å²) in [5, 5.41) is 3.90. The highest BCUT2D eigenvalue weighted by atomic mass is 35.5. The number of halogens is 1. The van der Waals surface area contributed by atoms with Gasteiger partial charge in [-0.3, -0.25) is 4.79 Å². The van der Waals surface area contributed by atoms with Crippen LogP contribution in [-0.4, -0.2) is 34.8 Å². The molecule has 3 aromatic rings. The number of rotatable bonds is 8. The first-order valence-electron chi connectivity index (χ1n) is 9.59. The van der Waals surface area contributed by atoms with Crippen molar-refractivity contribution in [3.05, 3.63) is 82.4 Å². The van der Waals surface area contributed by atoms with E-state index < -0.39 is 16.0 Å². The molecule has 8 nitrogen and oxygen atoms in total. The van der Waals surface area contributed by atoms with Crippen LogP contribution in [0.3, 0.4) is 0 Å². The molecule has 1 amide bonds. The molecule has 0 atom stereocenters. The molecule has 0 aliphatic carbocycles. The van der Waals surface area contributed by atoms with Crippen molar-refractivity contribution >= 4 is 33.8 Å². The predicted molar refractivity (Wildman–Crippen MR) is 125 cm³/mol. The maximum absolute atomic E-state index is 12.6. The maximum atomic E-state index is 12.6. The monoisotopic (exact) mass is 488 g/mol. The summed E-state index contributed by atoms with van der Waals surface area (Å²) in [6.07, 6.45) is 1.34. The second kappa shape index (κ2) is 10.4. The van der Waals surface area contributed by atoms with Crippen LogP contribution in [0.15, 0.2) is 70.7 Å². The minimum absolute atomic E-state index is 0.00651. The lowest BCUT2D eigenvalue weighted by atomic mass is 10.2. The van der Waals surface area contributed by atoms with Gasteiger partial charge in [0.15, 0.2) is 5.75 Å². The van der Waals surface area contributed by atoms with Gasteiger partial charge in [-0.1, -0.05) is 29.3 Å². The molecule has 0 aliphatic heterocycles. The summed E-state index contributed by atoms with van der Waals surface area (Å²) in [5.41, 5.74) is 4.16. The first kappa shape index (κ1) is 24.1. The quantitative estimate of drug-likeness (QED) is 0.289. The molecule has 0 aromatic heterocycles. The lowest BCUT2D eigenvalue weighted by molar-refractivity contribution is 0.0955. The Kier molecular flexibility index (Phi) is 7.57. The first-order valence-corrected chi connectivity index (χ1v) is 11.4. The molecule has 0 fully saturated rings. The number of ether oxygens (including phenoxy) is 2. The van der Waals surface area contributed by atoms with Gasteiger partial charge >= 0.3 is 10.1 Å². The average molecular weight is 489 g/mol. The highest BCUT2D eigenvalue weighted by molar-refractivity contribution is 7.87. The van der Waals surface area contributed by atoms with Crippen molar-refractivity contribution < 1.29 is 26.9 Å². The largest absolute Gasteiger partial charge is 0.497 e. The molecule has 0 aliphatic rings. The zero-order valence-corrected chi connectivity index (χ0v) is 19.6. The van der Waals surface area contributed by atoms with E-state index in [0.717, 1.165) is 5.56 Å². The molecule has 33 heavy (non-hydrogen) atoms. The van der Waals surface area contributed by atoms with Gasteiger partial charge in [0.25, 0.3) is 5.91 Å². The van der Waals surface area contributed by atoms with Gasteiger partial charge in [0, 0.05) is 5.56 Å². The number of nitrogens with one attached hydrogen (secondary N) is 1. The van der Waals surface area contributed by atoms with E-state index in [4.69, 9.17) is 25.3 Å². The van der Waals surface area contributed by atoms with Gasteiger partial charge in [0.1, 0.15) is 10.6 Å². The third kappa shape index (κ3) is 6.03. The van der Waals surface area contributed by atoms with Gasteiger partial charge in [-0.15, -0.1) is 0 Å². The second-order valence-corrected chi connectivity index (χ2v) is 8.77. The number of carbonyl (C=O) groups excluding carboxylic acids is 1. The highest BCUT2D eigenvalue weighted by Gasteiger charge is 2.22. The van der Waals surface area contributed by atoms with E-state index in [2.05, 4.69) is 10.5 Å². The average Bonchev–Trinajstić information content (AvgIpc) is 2.80. The Morgan fingerprint density at radius 3 is 2.27 bits per heavy atom. The van der Waals surface area contributed by atoms with Gasteiger partial charge in [-0.25, -0.2) is 5.43 Å². The third-order valence-electron chi connectivity index (χ3n) is 4.49. The Labute approximate surface area is 196 Å². The van der Waals surface area contributed by atoms with Crippen LogP contribution in [0.5, 0.6) is 17.2 Å². The normalized spacial score (nSPS) is 11.3. The zero-order valence-electron chi connectivity index (χ0n) is 18.0. The second-order valence-electron chi connectivity index (χ2n) is 6.81. The fourth-order valence-corrected chi connectivity index (χ4v) is 3.99. The molecule has 10 heteroatoms. The zero-order chi connectivity index (χ0) is 24.0. The van der Waals surface area contributed by atoms with Crippen LogP contribution in [0, 0.1) is 6.92 Å². The van der Waals surface area contributed by atoms with Crippen LogP contribution in [0.4, 0.5) is 0 Å². The molecular weight excluding hydrogens is 468 g/mol. The molecule has 0 unspecified atom stereocenters. The van der Waals surface area contributed by atoms with E-state index >= 15 is 0 Å². The summed E-state index contributed by atoms with van der Waals surface area (Å²) in [7, 11) is -1.24. The Hall–Kier alpha value is -3.56. The molecule has 172 valence electrons. The maximum Gasteiger partial charge on any atom is 0.339 e. The molecule has 0 saturated carbocycles. The Bertz CT molecular complexity index is 1270. The summed E-state index contributed by atoms with van der Waals surface area (Å²) >= 11 is 6.27. The van der Waals surface area contributed by atoms with Crippen molar-refractivity contribution in [2.24, 2.45) is 5.10 Å². The van der Waals surface area contributed by atoms with Crippen molar-refractivity contribution in [2.45, 2.75) is 11.8 Å². The number of benzene rings is 3. The van der Waals surface area contributed by atoms with Gasteiger partial charge in [-0.05, 0) is 61.0 Å². The number of nitrogens with zero attached hydrogens (tertiary/aromatic N) is 1. The molecule has 0 radical (unpaired) electrons. The summed E-state index contributed by atoms with van der Waals surface area (Å²) in [5.74, 6) is 0.139. The van der Waals surface area contributed by atoms with Crippen molar-refractivity contribution in [2.75, 3.05) is 14.2 Å². The number of hydrazone groups is 1. The van der Waals surface area contributed by atoms with Crippen molar-refractivity contribution in [1.29, 1.82) is 0 Å². The lowest BCUT2D eigenvalue weighted by Crippen LogP contribution is -2.17. The van der Waals surface area contributed by atoms with Gasteiger partial charge in [-0.2, -0.15) is 13.5 Å². The summed E-state index contributed by atoms with van der Waals surface area (Å²) < 4.78 is 40.8. The van der Waals surface area contributed by atoms with Crippen LogP contribution in [0.25, 0.3) is 0 Å². The number of methoxy groups -OCH3 is 2. The van der Waals surface area contributed by atoms with Gasteiger partial charge in [0.2, 0.25) is 5.75 Å². The smallest absolute Gasteiger partial charge is 0.339 e. The highest BCUT2D eigenvalue weighted by Crippen LogP contribution is 2.38. The lowest BCUT2D eigenvalue weighted by Gasteiger charge is -2.13. The molecule has 3 rings (SSSR count). The van der Waals surface area contributed by atoms with E-state index in [1.165, 1.54) is 44.7 Å². The topological polar surface area (TPSA) is 103 Å². The molecular formula is C23H21ClN2O6S. The standard InChI is InChI=1S/C23H21ClN2O6S/c1-15-4-10-19(11-5-15)33(28,29)32-22-20(24)12-16(13-21(22)31-3)14-25-26-23(27)17-6-8-18(30-2)9-7-17/h4-14H,1-3H3,(H,26,27)/b25-14-. The number of aryl methyl sites for hydroxylation is 1. The summed E-state index contributed by atoms with van der Waals surface area (Å²) in [6, 6.07) is 15.6. The number of amides is 1. The minimum Gasteiger partial charge on any atom is -0.497 e. The van der Waals surface area contributed by atoms with Gasteiger partial charge < -0.3 is 13.7 Å². The van der Waals surface area contributed by atoms with Crippen LogP contribution in [0.2, 0.25) is 5.02 Å². The molecule has 1 N–H and O–H groups in total. The third-order valence-corrected chi connectivity index (χ3v) is 6.00. The number of hydrogen-bond acceptors (Lipinski definition) is 7. The van der Waals surface area contributed by atoms with Crippen LogP contribution in [0.1, 0.15) is 21.5 Å². The predicted octanol–water partition coefficient (Wildman–Crippen LogP) is 4.20. The fourth-order valence-electron chi connectivity index (χ4n) is 2.73. The summed E-state index contributed by atoms with van der Waals surface area (Å²) in [4.78, 5) is 12.2. The Balaban J connectivity index is 1.76. The molecule has 3 aromatic carbocycles. The van der Waals surface area contributed by atoms with Crippen LogP contribution >= 0.6 is 11.6 Å². The summed E-state index contributed by atoms with van der Waals surface area (Å²) in [6.45, 7) is 1.84. The van der Waals surface area contributed by atoms with Crippen molar-refractivity contribution in [3.8, 4) is 17.2 Å². The van der Waals surface area contributed by atoms with Crippen molar-refractivity contribution in [1.82, 2.24) is 5.43 Å². The number of hydrogen-bond donors (Lipinski definition) is 1. The molecule has 0 spiro atoms. The molecule has 0 heterocycles. The Morgan fingerprint density at radius 1 is 1.00 bits per heavy atom. The van der Waals surface area contributed by atoms with E-state index in [1.807, 2.05) is 6.92 Å². The number of carbonyl (C=O) groups is 1. The first-order chi connectivity index (χ1) is 15.7. The van der Waals surface area contributed by atoms with Gasteiger partial charge in [0.05, 0.1) is 25.5 Å². The minimum atomic E-state index is -4.13.